The minimum absolute atomic E-state index is 0.0222. The van der Waals surface area contributed by atoms with E-state index in [-0.39, 0.29) is 17.6 Å². The Morgan fingerprint density at radius 2 is 2.06 bits per heavy atom. The van der Waals surface area contributed by atoms with Gasteiger partial charge in [0.25, 0.3) is 5.91 Å². The van der Waals surface area contributed by atoms with Crippen molar-refractivity contribution >= 4 is 18.5 Å². The molecule has 0 saturated carbocycles. The molecule has 0 aliphatic carbocycles. The summed E-state index contributed by atoms with van der Waals surface area (Å²) in [6, 6.07) is 7.43. The molecule has 1 heterocycles. The molecule has 2 rings (SSSR count). The molecule has 0 aromatic heterocycles. The molecule has 18 heavy (non-hydrogen) atoms. The molecule has 0 bridgehead atoms. The van der Waals surface area contributed by atoms with Crippen LogP contribution in [0.1, 0.15) is 37.0 Å². The van der Waals surface area contributed by atoms with Gasteiger partial charge in [-0.05, 0) is 51.0 Å². The fourth-order valence-corrected chi connectivity index (χ4v) is 2.39. The van der Waals surface area contributed by atoms with Crippen LogP contribution in [0.3, 0.4) is 0 Å². The van der Waals surface area contributed by atoms with Gasteiger partial charge in [0.05, 0.1) is 5.60 Å². The van der Waals surface area contributed by atoms with Crippen LogP contribution in [-0.4, -0.2) is 24.2 Å². The number of rotatable bonds is 2. The molecule has 1 unspecified atom stereocenters. The van der Waals surface area contributed by atoms with Crippen molar-refractivity contribution in [3.05, 3.63) is 29.8 Å². The third-order valence-electron chi connectivity index (χ3n) is 3.16. The molecule has 1 saturated heterocycles. The lowest BCUT2D eigenvalue weighted by Crippen LogP contribution is -2.45. The number of hydrogen-bond donors (Lipinski definition) is 2. The zero-order valence-corrected chi connectivity index (χ0v) is 11.7. The van der Waals surface area contributed by atoms with E-state index in [1.807, 2.05) is 12.1 Å². The predicted molar refractivity (Wildman–Crippen MR) is 74.2 cm³/mol. The first kappa shape index (κ1) is 13.4. The van der Waals surface area contributed by atoms with Crippen LogP contribution in [0.2, 0.25) is 0 Å². The highest BCUT2D eigenvalue weighted by atomic mass is 32.1. The monoisotopic (exact) mass is 265 g/mol. The second-order valence-electron chi connectivity index (χ2n) is 5.32. The third-order valence-corrected chi connectivity index (χ3v) is 3.46. The quantitative estimate of drug-likeness (QED) is 0.807. The summed E-state index contributed by atoms with van der Waals surface area (Å²) in [6.45, 7) is 4.82. The maximum atomic E-state index is 12.1. The number of benzene rings is 1. The maximum absolute atomic E-state index is 12.1. The second-order valence-corrected chi connectivity index (χ2v) is 5.83. The SMILES string of the molecule is CC1(C)CC(NC(=O)c2ccc(S)cc2)CCO1. The van der Waals surface area contributed by atoms with E-state index in [9.17, 15) is 4.79 Å². The van der Waals surface area contributed by atoms with E-state index in [2.05, 4.69) is 31.8 Å². The maximum Gasteiger partial charge on any atom is 0.251 e. The molecule has 1 aromatic rings. The van der Waals surface area contributed by atoms with Crippen LogP contribution in [-0.2, 0) is 4.74 Å². The smallest absolute Gasteiger partial charge is 0.251 e. The Morgan fingerprint density at radius 3 is 2.67 bits per heavy atom. The summed E-state index contributed by atoms with van der Waals surface area (Å²) in [5.41, 5.74) is 0.530. The lowest BCUT2D eigenvalue weighted by molar-refractivity contribution is -0.0615. The van der Waals surface area contributed by atoms with Gasteiger partial charge in [-0.15, -0.1) is 12.6 Å². The highest BCUT2D eigenvalue weighted by Gasteiger charge is 2.29. The van der Waals surface area contributed by atoms with E-state index < -0.39 is 0 Å². The van der Waals surface area contributed by atoms with Crippen molar-refractivity contribution in [1.29, 1.82) is 0 Å². The van der Waals surface area contributed by atoms with Crippen LogP contribution in [0.25, 0.3) is 0 Å². The van der Waals surface area contributed by atoms with Gasteiger partial charge < -0.3 is 10.1 Å². The number of amides is 1. The summed E-state index contributed by atoms with van der Waals surface area (Å²) in [4.78, 5) is 12.9. The average Bonchev–Trinajstić information content (AvgIpc) is 2.28. The summed E-state index contributed by atoms with van der Waals surface area (Å²) in [5.74, 6) is -0.0222. The normalized spacial score (nSPS) is 22.5. The molecule has 3 nitrogen and oxygen atoms in total. The molecule has 1 amide bonds. The van der Waals surface area contributed by atoms with Crippen molar-refractivity contribution in [1.82, 2.24) is 5.32 Å². The zero-order chi connectivity index (χ0) is 13.2. The fraction of sp³-hybridized carbons (Fsp3) is 0.500. The molecule has 1 N–H and O–H groups in total. The molecular formula is C14H19NO2S. The van der Waals surface area contributed by atoms with Gasteiger partial charge in [-0.1, -0.05) is 0 Å². The summed E-state index contributed by atoms with van der Waals surface area (Å²) >= 11 is 4.21. The van der Waals surface area contributed by atoms with Gasteiger partial charge in [-0.3, -0.25) is 4.79 Å². The van der Waals surface area contributed by atoms with Gasteiger partial charge in [0.15, 0.2) is 0 Å². The Bertz CT molecular complexity index is 428. The van der Waals surface area contributed by atoms with Crippen molar-refractivity contribution in [2.45, 2.75) is 43.2 Å². The van der Waals surface area contributed by atoms with Crippen LogP contribution in [0, 0.1) is 0 Å². The lowest BCUT2D eigenvalue weighted by Gasteiger charge is -2.35. The molecule has 1 aliphatic heterocycles. The molecule has 98 valence electrons. The van der Waals surface area contributed by atoms with Crippen LogP contribution >= 0.6 is 12.6 Å². The predicted octanol–water partition coefficient (Wildman–Crippen LogP) is 2.66. The van der Waals surface area contributed by atoms with Gasteiger partial charge >= 0.3 is 0 Å². The van der Waals surface area contributed by atoms with E-state index in [1.54, 1.807) is 12.1 Å². The van der Waals surface area contributed by atoms with E-state index in [0.717, 1.165) is 17.7 Å². The van der Waals surface area contributed by atoms with Gasteiger partial charge in [0.2, 0.25) is 0 Å². The summed E-state index contributed by atoms with van der Waals surface area (Å²) in [6.07, 6.45) is 1.73. The number of thiol groups is 1. The van der Waals surface area contributed by atoms with Crippen LogP contribution < -0.4 is 5.32 Å². The van der Waals surface area contributed by atoms with E-state index in [1.165, 1.54) is 0 Å². The number of hydrogen-bond acceptors (Lipinski definition) is 3. The highest BCUT2D eigenvalue weighted by Crippen LogP contribution is 2.24. The molecule has 4 heteroatoms. The summed E-state index contributed by atoms with van der Waals surface area (Å²) < 4.78 is 5.64. The number of nitrogens with one attached hydrogen (secondary N) is 1. The van der Waals surface area contributed by atoms with E-state index in [0.29, 0.717) is 12.2 Å². The van der Waals surface area contributed by atoms with Crippen LogP contribution in [0.4, 0.5) is 0 Å². The number of carbonyl (C=O) groups is 1. The van der Waals surface area contributed by atoms with Gasteiger partial charge in [-0.25, -0.2) is 0 Å². The molecular weight excluding hydrogens is 246 g/mol. The first-order valence-electron chi connectivity index (χ1n) is 6.20. The van der Waals surface area contributed by atoms with Crippen LogP contribution in [0.5, 0.6) is 0 Å². The Labute approximate surface area is 113 Å². The van der Waals surface area contributed by atoms with Gasteiger partial charge in [0.1, 0.15) is 0 Å². The summed E-state index contributed by atoms with van der Waals surface area (Å²) in [7, 11) is 0. The molecule has 1 aliphatic rings. The van der Waals surface area contributed by atoms with Gasteiger partial charge in [0, 0.05) is 23.1 Å². The summed E-state index contributed by atoms with van der Waals surface area (Å²) in [5, 5.41) is 3.07. The van der Waals surface area contributed by atoms with Crippen LogP contribution in [0.15, 0.2) is 29.2 Å². The van der Waals surface area contributed by atoms with Crippen molar-refractivity contribution in [3.8, 4) is 0 Å². The fourth-order valence-electron chi connectivity index (χ4n) is 2.24. The largest absolute Gasteiger partial charge is 0.375 e. The Hall–Kier alpha value is -1.00. The first-order valence-corrected chi connectivity index (χ1v) is 6.65. The molecule has 1 fully saturated rings. The number of ether oxygens (including phenoxy) is 1. The van der Waals surface area contributed by atoms with Gasteiger partial charge in [-0.2, -0.15) is 0 Å². The van der Waals surface area contributed by atoms with Crippen molar-refractivity contribution in [3.63, 3.8) is 0 Å². The zero-order valence-electron chi connectivity index (χ0n) is 10.8. The Kier molecular flexibility index (Phi) is 3.97. The number of carbonyl (C=O) groups excluding carboxylic acids is 1. The average molecular weight is 265 g/mol. The molecule has 0 radical (unpaired) electrons. The molecule has 1 aromatic carbocycles. The molecule has 0 spiro atoms. The second kappa shape index (κ2) is 5.33. The van der Waals surface area contributed by atoms with Crippen molar-refractivity contribution < 1.29 is 9.53 Å². The van der Waals surface area contributed by atoms with Crippen molar-refractivity contribution in [2.24, 2.45) is 0 Å². The molecule has 1 atom stereocenters. The van der Waals surface area contributed by atoms with E-state index >= 15 is 0 Å². The highest BCUT2D eigenvalue weighted by molar-refractivity contribution is 7.80. The Morgan fingerprint density at radius 1 is 1.39 bits per heavy atom. The first-order chi connectivity index (χ1) is 8.46. The van der Waals surface area contributed by atoms with Crippen molar-refractivity contribution in [2.75, 3.05) is 6.61 Å². The third kappa shape index (κ3) is 3.50. The topological polar surface area (TPSA) is 38.3 Å². The minimum Gasteiger partial charge on any atom is -0.375 e. The standard InChI is InChI=1S/C14H19NO2S/c1-14(2)9-11(7-8-17-14)15-13(16)10-3-5-12(18)6-4-10/h3-6,11,18H,7-9H2,1-2H3,(H,15,16). The minimum atomic E-state index is -0.148. The Balaban J connectivity index is 1.97. The van der Waals surface area contributed by atoms with E-state index in [4.69, 9.17) is 4.74 Å². The lowest BCUT2D eigenvalue weighted by atomic mass is 9.94.